The molecule has 0 N–H and O–H groups in total. The number of hydrogen-bond donors (Lipinski definition) is 0. The summed E-state index contributed by atoms with van der Waals surface area (Å²) in [6, 6.07) is 76.0. The van der Waals surface area contributed by atoms with Crippen LogP contribution in [0.5, 0.6) is 0 Å². The molecule has 0 nitrogen and oxygen atoms in total. The minimum absolute atomic E-state index is 0.487. The number of rotatable bonds is 10. The Hall–Kier alpha value is -5.34. The summed E-state index contributed by atoms with van der Waals surface area (Å²) >= 11 is -0.826. The third kappa shape index (κ3) is 13.2. The zero-order chi connectivity index (χ0) is 51.3. The Morgan fingerprint density at radius 2 is 0.611 bits per heavy atom. The fourth-order valence-corrected chi connectivity index (χ4v) is 9.47. The van der Waals surface area contributed by atoms with Gasteiger partial charge in [-0.05, 0) is 90.4 Å². The summed E-state index contributed by atoms with van der Waals surface area (Å²) in [4.78, 5) is 0. The summed E-state index contributed by atoms with van der Waals surface area (Å²) in [5.41, 5.74) is 21.1. The molecular weight excluding hydrogens is 1010 g/mol. The van der Waals surface area contributed by atoms with Crippen LogP contribution in [-0.2, 0) is 20.8 Å². The van der Waals surface area contributed by atoms with Crippen LogP contribution < -0.4 is 0 Å². The fourth-order valence-electron chi connectivity index (χ4n) is 9.47. The molecule has 362 valence electrons. The van der Waals surface area contributed by atoms with Crippen LogP contribution in [0.4, 0.5) is 0 Å². The van der Waals surface area contributed by atoms with Crippen LogP contribution in [0.25, 0.3) is 88.3 Å². The maximum absolute atomic E-state index is 4.93. The van der Waals surface area contributed by atoms with E-state index in [1.165, 1.54) is 111 Å². The van der Waals surface area contributed by atoms with E-state index < -0.39 is 20.8 Å². The van der Waals surface area contributed by atoms with E-state index in [-0.39, 0.29) is 0 Å². The van der Waals surface area contributed by atoms with E-state index in [0.717, 1.165) is 9.52 Å². The zero-order valence-corrected chi connectivity index (χ0v) is 48.7. The molecule has 0 amide bonds. The van der Waals surface area contributed by atoms with E-state index in [0.29, 0.717) is 23.7 Å². The molecule has 10 aromatic carbocycles. The van der Waals surface area contributed by atoms with Crippen LogP contribution in [0.1, 0.15) is 101 Å². The topological polar surface area (TPSA) is 0 Å². The van der Waals surface area contributed by atoms with Crippen LogP contribution in [0, 0.1) is 0 Å². The van der Waals surface area contributed by atoms with Gasteiger partial charge in [0.2, 0.25) is 0 Å². The van der Waals surface area contributed by atoms with Crippen LogP contribution in [0.3, 0.4) is 0 Å². The number of hydrogen-bond acceptors (Lipinski definition) is 0. The first-order valence-electron chi connectivity index (χ1n) is 25.4. The maximum atomic E-state index is 4.93. The molecule has 0 heterocycles. The van der Waals surface area contributed by atoms with Crippen LogP contribution in [0.15, 0.2) is 206 Å². The van der Waals surface area contributed by atoms with Gasteiger partial charge in [0, 0.05) is 9.52 Å². The van der Waals surface area contributed by atoms with Gasteiger partial charge < -0.3 is 0 Å². The van der Waals surface area contributed by atoms with E-state index in [1.54, 1.807) is 0 Å². The van der Waals surface area contributed by atoms with Crippen molar-refractivity contribution >= 4 is 48.1 Å². The SMILES string of the molecule is CC(C)c1cc(-c2c(-c3ccccc3)ccc3[cH-]c(-c4ccccc4)cc23)cc(C(C)C)c1.CC(C)c1cc(-c2c(-c3ccccc3)ccc3[cH-]c(-c4ccccc4)cc23)cc(C(C)C)c1.C[Si]C.[Cl][Zr+2][Cl]. The van der Waals surface area contributed by atoms with E-state index in [2.05, 4.69) is 275 Å². The Balaban J connectivity index is 0.000000191. The molecular formula is C68H68Cl2SiZr. The van der Waals surface area contributed by atoms with Gasteiger partial charge in [0.15, 0.2) is 0 Å². The second-order valence-corrected chi connectivity index (χ2v) is 24.6. The van der Waals surface area contributed by atoms with Gasteiger partial charge in [0.05, 0.1) is 0 Å². The predicted molar refractivity (Wildman–Crippen MR) is 317 cm³/mol. The summed E-state index contributed by atoms with van der Waals surface area (Å²) in [6.45, 7) is 22.6. The molecule has 0 spiro atoms. The van der Waals surface area contributed by atoms with Crippen molar-refractivity contribution in [3.8, 4) is 66.8 Å². The molecule has 0 aliphatic heterocycles. The van der Waals surface area contributed by atoms with Gasteiger partial charge in [0.1, 0.15) is 0 Å². The number of fused-ring (bicyclic) bond motifs is 2. The van der Waals surface area contributed by atoms with Gasteiger partial charge >= 0.3 is 37.9 Å². The molecule has 0 fully saturated rings. The first kappa shape index (κ1) is 54.4. The molecule has 0 saturated heterocycles. The molecule has 0 atom stereocenters. The van der Waals surface area contributed by atoms with Gasteiger partial charge in [-0.3, -0.25) is 0 Å². The molecule has 0 aliphatic rings. The Kier molecular flexibility index (Phi) is 19.7. The second kappa shape index (κ2) is 26.0. The fraction of sp³-hybridized carbons (Fsp3) is 0.206. The summed E-state index contributed by atoms with van der Waals surface area (Å²) in [5, 5.41) is 5.24. The van der Waals surface area contributed by atoms with Crippen LogP contribution >= 0.6 is 17.0 Å². The third-order valence-electron chi connectivity index (χ3n) is 13.4. The van der Waals surface area contributed by atoms with Crippen molar-refractivity contribution in [1.82, 2.24) is 0 Å². The van der Waals surface area contributed by atoms with Crippen molar-refractivity contribution in [2.45, 2.75) is 92.2 Å². The van der Waals surface area contributed by atoms with Crippen molar-refractivity contribution < 1.29 is 20.8 Å². The summed E-state index contributed by atoms with van der Waals surface area (Å²) in [6.07, 6.45) is 0. The predicted octanol–water partition coefficient (Wildman–Crippen LogP) is 21.8. The quantitative estimate of drug-likeness (QED) is 0.0946. The normalized spacial score (nSPS) is 11.0. The first-order valence-corrected chi connectivity index (χ1v) is 33.7. The van der Waals surface area contributed by atoms with Gasteiger partial charge in [-0.1, -0.05) is 249 Å². The summed E-state index contributed by atoms with van der Waals surface area (Å²) in [5.74, 6) is 1.95. The Morgan fingerprint density at radius 1 is 0.347 bits per heavy atom. The Bertz CT molecular complexity index is 3000. The number of benzene rings is 8. The standard InChI is InChI=1S/2C33H31.C2H6Si.2ClH.Zr/c2*1-22(2)27-18-28(23(3)4)20-30(19-27)33-31(25-13-9-6-10-14-25)16-15-26-17-29(21-32(26)33)24-11-7-5-8-12-24;1-3-2;;;/h2*5-23H,1-4H3;1-2H3;2*1H;/q2*-1;;;;+4/p-2. The molecule has 72 heavy (non-hydrogen) atoms. The van der Waals surface area contributed by atoms with Crippen molar-refractivity contribution in [2.24, 2.45) is 0 Å². The van der Waals surface area contributed by atoms with Crippen molar-refractivity contribution in [3.63, 3.8) is 0 Å². The Labute approximate surface area is 452 Å². The molecule has 0 aliphatic carbocycles. The zero-order valence-electron chi connectivity index (χ0n) is 43.7. The molecule has 0 saturated carbocycles. The molecule has 10 rings (SSSR count). The average molecular weight is 1080 g/mol. The molecule has 0 bridgehead atoms. The first-order chi connectivity index (χ1) is 34.8. The third-order valence-corrected chi connectivity index (χ3v) is 13.4. The van der Waals surface area contributed by atoms with E-state index in [4.69, 9.17) is 17.0 Å². The van der Waals surface area contributed by atoms with Gasteiger partial charge in [-0.15, -0.1) is 69.1 Å². The van der Waals surface area contributed by atoms with Gasteiger partial charge in [0.25, 0.3) is 0 Å². The van der Waals surface area contributed by atoms with Gasteiger partial charge in [-0.25, -0.2) is 0 Å². The summed E-state index contributed by atoms with van der Waals surface area (Å²) < 4.78 is 0. The monoisotopic (exact) mass is 1070 g/mol. The summed E-state index contributed by atoms with van der Waals surface area (Å²) in [7, 11) is 11.0. The van der Waals surface area contributed by atoms with Crippen LogP contribution in [0.2, 0.25) is 13.1 Å². The average Bonchev–Trinajstić information content (AvgIpc) is 4.05. The molecule has 2 radical (unpaired) electrons. The van der Waals surface area contributed by atoms with Crippen molar-refractivity contribution in [2.75, 3.05) is 0 Å². The molecule has 10 aromatic rings. The van der Waals surface area contributed by atoms with Gasteiger partial charge in [-0.2, -0.15) is 0 Å². The molecule has 4 heteroatoms. The van der Waals surface area contributed by atoms with Crippen molar-refractivity contribution in [1.29, 1.82) is 0 Å². The van der Waals surface area contributed by atoms with E-state index >= 15 is 0 Å². The van der Waals surface area contributed by atoms with Crippen molar-refractivity contribution in [3.05, 3.63) is 229 Å². The molecule has 0 unspecified atom stereocenters. The van der Waals surface area contributed by atoms with Crippen LogP contribution in [-0.4, -0.2) is 9.52 Å². The second-order valence-electron chi connectivity index (χ2n) is 19.9. The van der Waals surface area contributed by atoms with E-state index in [1.807, 2.05) is 0 Å². The van der Waals surface area contributed by atoms with E-state index in [9.17, 15) is 0 Å². The number of halogens is 2. The Morgan fingerprint density at radius 3 is 0.875 bits per heavy atom. The minimum atomic E-state index is -0.826. The molecule has 0 aromatic heterocycles.